The van der Waals surface area contributed by atoms with Crippen LogP contribution in [0.2, 0.25) is 0 Å². The lowest BCUT2D eigenvalue weighted by atomic mass is 10.0. The molecule has 2 aliphatic rings. The highest BCUT2D eigenvalue weighted by Gasteiger charge is 2.32. The minimum absolute atomic E-state index is 0.0892. The van der Waals surface area contributed by atoms with E-state index in [1.807, 2.05) is 11.1 Å². The fourth-order valence-electron chi connectivity index (χ4n) is 4.05. The smallest absolute Gasteiger partial charge is 0.317 e. The molecule has 26 heavy (non-hydrogen) atoms. The normalized spacial score (nSPS) is 21.0. The predicted octanol–water partition coefficient (Wildman–Crippen LogP) is 3.72. The molecule has 5 nitrogen and oxygen atoms in total. The van der Waals surface area contributed by atoms with Gasteiger partial charge in [0.1, 0.15) is 0 Å². The van der Waals surface area contributed by atoms with Gasteiger partial charge in [-0.25, -0.2) is 4.79 Å². The van der Waals surface area contributed by atoms with Crippen LogP contribution in [0.3, 0.4) is 0 Å². The molecule has 2 fully saturated rings. The number of nitrogens with one attached hydrogen (secondary N) is 2. The summed E-state index contributed by atoms with van der Waals surface area (Å²) in [5.74, 6) is 0. The van der Waals surface area contributed by atoms with Gasteiger partial charge < -0.3 is 15.2 Å². The number of hydrogen-bond donors (Lipinski definition) is 2. The average Bonchev–Trinajstić information content (AvgIpc) is 3.38. The largest absolute Gasteiger partial charge is 0.361 e. The summed E-state index contributed by atoms with van der Waals surface area (Å²) in [4.78, 5) is 20.5. The van der Waals surface area contributed by atoms with Crippen LogP contribution in [-0.2, 0) is 6.54 Å². The molecule has 2 N–H and O–H groups in total. The van der Waals surface area contributed by atoms with Gasteiger partial charge in [0.05, 0.1) is 0 Å². The maximum atomic E-state index is 12.8. The molecular formula is C21H30N4O. The van der Waals surface area contributed by atoms with Crippen molar-refractivity contribution in [3.63, 3.8) is 0 Å². The highest BCUT2D eigenvalue weighted by Crippen LogP contribution is 2.29. The maximum absolute atomic E-state index is 12.8. The van der Waals surface area contributed by atoms with Crippen LogP contribution in [0.4, 0.5) is 4.79 Å². The average molecular weight is 354 g/mol. The SMILES string of the molecule is C[C@@H]1CCCCN1CCNC(=O)N(Cc1ccc2[nH]ccc2c1)C1CC1. The van der Waals surface area contributed by atoms with Gasteiger partial charge >= 0.3 is 6.03 Å². The lowest BCUT2D eigenvalue weighted by Gasteiger charge is -2.33. The molecule has 2 amide bonds. The third kappa shape index (κ3) is 4.04. The van der Waals surface area contributed by atoms with Gasteiger partial charge in [0, 0.05) is 43.4 Å². The summed E-state index contributed by atoms with van der Waals surface area (Å²) in [6, 6.07) is 9.64. The van der Waals surface area contributed by atoms with Crippen molar-refractivity contribution < 1.29 is 4.79 Å². The van der Waals surface area contributed by atoms with Crippen molar-refractivity contribution in [2.45, 2.75) is 57.7 Å². The Morgan fingerprint density at radius 3 is 2.96 bits per heavy atom. The van der Waals surface area contributed by atoms with Crippen LogP contribution >= 0.6 is 0 Å². The minimum Gasteiger partial charge on any atom is -0.361 e. The summed E-state index contributed by atoms with van der Waals surface area (Å²) in [7, 11) is 0. The van der Waals surface area contributed by atoms with Gasteiger partial charge in [-0.05, 0) is 68.3 Å². The molecule has 2 heterocycles. The van der Waals surface area contributed by atoms with Gasteiger partial charge in [-0.2, -0.15) is 0 Å². The lowest BCUT2D eigenvalue weighted by molar-refractivity contribution is 0.157. The predicted molar refractivity (Wildman–Crippen MR) is 105 cm³/mol. The Morgan fingerprint density at radius 1 is 1.27 bits per heavy atom. The summed E-state index contributed by atoms with van der Waals surface area (Å²) < 4.78 is 0. The van der Waals surface area contributed by atoms with E-state index in [4.69, 9.17) is 0 Å². The first kappa shape index (κ1) is 17.4. The van der Waals surface area contributed by atoms with E-state index < -0.39 is 0 Å². The number of urea groups is 1. The summed E-state index contributed by atoms with van der Waals surface area (Å²) in [6.07, 6.45) is 8.12. The quantitative estimate of drug-likeness (QED) is 0.831. The number of carbonyl (C=O) groups excluding carboxylic acids is 1. The first-order valence-electron chi connectivity index (χ1n) is 10.1. The lowest BCUT2D eigenvalue weighted by Crippen LogP contribution is -2.46. The number of hydrogen-bond acceptors (Lipinski definition) is 2. The number of benzene rings is 1. The van der Waals surface area contributed by atoms with Crippen LogP contribution in [0, 0.1) is 0 Å². The number of carbonyl (C=O) groups is 1. The second kappa shape index (κ2) is 7.70. The van der Waals surface area contributed by atoms with E-state index in [1.54, 1.807) is 0 Å². The molecule has 1 atom stereocenters. The van der Waals surface area contributed by atoms with E-state index in [1.165, 1.54) is 36.8 Å². The Kier molecular flexibility index (Phi) is 5.16. The number of fused-ring (bicyclic) bond motifs is 1. The van der Waals surface area contributed by atoms with E-state index in [9.17, 15) is 4.79 Å². The molecular weight excluding hydrogens is 324 g/mol. The zero-order valence-corrected chi connectivity index (χ0v) is 15.7. The number of aromatic amines is 1. The Bertz CT molecular complexity index is 751. The van der Waals surface area contributed by atoms with Gasteiger partial charge in [-0.1, -0.05) is 12.5 Å². The third-order valence-electron chi connectivity index (χ3n) is 5.83. The molecule has 0 unspecified atom stereocenters. The second-order valence-electron chi connectivity index (χ2n) is 7.87. The van der Waals surface area contributed by atoms with Gasteiger partial charge in [-0.15, -0.1) is 0 Å². The fourth-order valence-corrected chi connectivity index (χ4v) is 4.05. The van der Waals surface area contributed by atoms with E-state index >= 15 is 0 Å². The van der Waals surface area contributed by atoms with Crippen LogP contribution in [0.25, 0.3) is 10.9 Å². The minimum atomic E-state index is 0.0892. The van der Waals surface area contributed by atoms with Crippen LogP contribution in [0.1, 0.15) is 44.6 Å². The number of piperidine rings is 1. The van der Waals surface area contributed by atoms with Gasteiger partial charge in [0.25, 0.3) is 0 Å². The van der Waals surface area contributed by atoms with Gasteiger partial charge in [0.2, 0.25) is 0 Å². The topological polar surface area (TPSA) is 51.4 Å². The Morgan fingerprint density at radius 2 is 2.15 bits per heavy atom. The molecule has 140 valence electrons. The van der Waals surface area contributed by atoms with E-state index in [2.05, 4.69) is 46.4 Å². The van der Waals surface area contributed by atoms with Gasteiger partial charge in [0.15, 0.2) is 0 Å². The van der Waals surface area contributed by atoms with Crippen molar-refractivity contribution in [1.82, 2.24) is 20.1 Å². The maximum Gasteiger partial charge on any atom is 0.317 e. The van der Waals surface area contributed by atoms with Crippen molar-refractivity contribution in [3.05, 3.63) is 36.0 Å². The molecule has 2 aromatic rings. The van der Waals surface area contributed by atoms with E-state index in [0.29, 0.717) is 18.6 Å². The van der Waals surface area contributed by atoms with Crippen LogP contribution in [0.15, 0.2) is 30.5 Å². The molecule has 1 saturated heterocycles. The molecule has 1 saturated carbocycles. The van der Waals surface area contributed by atoms with Crippen molar-refractivity contribution in [3.8, 4) is 0 Å². The highest BCUT2D eigenvalue weighted by atomic mass is 16.2. The van der Waals surface area contributed by atoms with E-state index in [-0.39, 0.29) is 6.03 Å². The summed E-state index contributed by atoms with van der Waals surface area (Å²) in [5.41, 5.74) is 2.34. The molecule has 1 aliphatic carbocycles. The van der Waals surface area contributed by atoms with Crippen LogP contribution < -0.4 is 5.32 Å². The number of H-pyrrole nitrogens is 1. The van der Waals surface area contributed by atoms with Crippen molar-refractivity contribution in [1.29, 1.82) is 0 Å². The molecule has 1 aliphatic heterocycles. The summed E-state index contributed by atoms with van der Waals surface area (Å²) in [5, 5.41) is 4.37. The van der Waals surface area contributed by atoms with Crippen molar-refractivity contribution in [2.24, 2.45) is 0 Å². The number of aromatic nitrogens is 1. The number of likely N-dealkylation sites (tertiary alicyclic amines) is 1. The first-order valence-corrected chi connectivity index (χ1v) is 10.1. The zero-order chi connectivity index (χ0) is 17.9. The molecule has 5 heteroatoms. The molecule has 0 spiro atoms. The van der Waals surface area contributed by atoms with E-state index in [0.717, 1.165) is 31.4 Å². The summed E-state index contributed by atoms with van der Waals surface area (Å²) >= 11 is 0. The highest BCUT2D eigenvalue weighted by molar-refractivity contribution is 5.80. The van der Waals surface area contributed by atoms with Crippen LogP contribution in [0.5, 0.6) is 0 Å². The molecule has 0 radical (unpaired) electrons. The molecule has 1 aromatic heterocycles. The first-order chi connectivity index (χ1) is 12.7. The second-order valence-corrected chi connectivity index (χ2v) is 7.87. The zero-order valence-electron chi connectivity index (χ0n) is 15.7. The Hall–Kier alpha value is -2.01. The van der Waals surface area contributed by atoms with Crippen molar-refractivity contribution >= 4 is 16.9 Å². The fraction of sp³-hybridized carbons (Fsp3) is 0.571. The number of amides is 2. The monoisotopic (exact) mass is 354 g/mol. The molecule has 1 aromatic carbocycles. The van der Waals surface area contributed by atoms with Gasteiger partial charge in [-0.3, -0.25) is 4.90 Å². The molecule has 0 bridgehead atoms. The van der Waals surface area contributed by atoms with Crippen molar-refractivity contribution in [2.75, 3.05) is 19.6 Å². The standard InChI is InChI=1S/C21H30N4O/c1-16-4-2-3-12-24(16)13-11-23-21(26)25(19-6-7-19)15-17-5-8-20-18(14-17)9-10-22-20/h5,8-10,14,16,19,22H,2-4,6-7,11-13,15H2,1H3,(H,23,26)/t16-/m1/s1. The Labute approximate surface area is 155 Å². The summed E-state index contributed by atoms with van der Waals surface area (Å²) in [6.45, 7) is 5.86. The molecule has 4 rings (SSSR count). The van der Waals surface area contributed by atoms with Crippen LogP contribution in [-0.4, -0.2) is 52.5 Å². The number of nitrogens with zero attached hydrogens (tertiary/aromatic N) is 2. The third-order valence-corrected chi connectivity index (χ3v) is 5.83. The Balaban J connectivity index is 1.33. The number of rotatable bonds is 6.